The molecule has 0 spiro atoms. The highest BCUT2D eigenvalue weighted by Crippen LogP contribution is 2.28. The Morgan fingerprint density at radius 1 is 1.33 bits per heavy atom. The van der Waals surface area contributed by atoms with Crippen LogP contribution in [0.5, 0.6) is 0 Å². The van der Waals surface area contributed by atoms with Crippen LogP contribution >= 0.6 is 0 Å². The molecule has 4 heteroatoms. The van der Waals surface area contributed by atoms with Gasteiger partial charge in [0.15, 0.2) is 0 Å². The van der Waals surface area contributed by atoms with Crippen LogP contribution in [0.3, 0.4) is 0 Å². The Hall–Kier alpha value is -0.770. The summed E-state index contributed by atoms with van der Waals surface area (Å²) in [5, 5.41) is 0. The summed E-state index contributed by atoms with van der Waals surface area (Å²) in [4.78, 5) is 15.9. The van der Waals surface area contributed by atoms with Gasteiger partial charge in [-0.3, -0.25) is 4.90 Å². The summed E-state index contributed by atoms with van der Waals surface area (Å²) in [6.45, 7) is 4.02. The lowest BCUT2D eigenvalue weighted by atomic mass is 10.1. The van der Waals surface area contributed by atoms with Gasteiger partial charge in [-0.25, -0.2) is 4.79 Å². The van der Waals surface area contributed by atoms with Gasteiger partial charge in [-0.2, -0.15) is 0 Å². The maximum absolute atomic E-state index is 11.6. The Morgan fingerprint density at radius 2 is 2.07 bits per heavy atom. The fourth-order valence-corrected chi connectivity index (χ4v) is 2.69. The Kier molecular flexibility index (Phi) is 3.14. The number of rotatable bonds is 1. The first-order chi connectivity index (χ1) is 7.22. The van der Waals surface area contributed by atoms with Gasteiger partial charge in [-0.15, -0.1) is 0 Å². The molecule has 2 rings (SSSR count). The summed E-state index contributed by atoms with van der Waals surface area (Å²) < 4.78 is 5.05. The summed E-state index contributed by atoms with van der Waals surface area (Å²) in [5.41, 5.74) is 0. The summed E-state index contributed by atoms with van der Waals surface area (Å²) in [6.07, 6.45) is 3.46. The maximum atomic E-state index is 11.6. The van der Waals surface area contributed by atoms with E-state index in [1.807, 2.05) is 11.8 Å². The molecule has 4 nitrogen and oxygen atoms in total. The molecule has 0 aromatic rings. The second-order valence-electron chi connectivity index (χ2n) is 4.48. The summed E-state index contributed by atoms with van der Waals surface area (Å²) >= 11 is 0. The summed E-state index contributed by atoms with van der Waals surface area (Å²) in [6, 6.07) is 1.22. The SMILES string of the molecule is CCOC(=O)N1CCC2CCC(C1)N2C. The van der Waals surface area contributed by atoms with Crippen molar-refractivity contribution in [1.29, 1.82) is 0 Å². The zero-order valence-corrected chi connectivity index (χ0v) is 9.61. The third-order valence-electron chi connectivity index (χ3n) is 3.67. The zero-order valence-electron chi connectivity index (χ0n) is 9.61. The van der Waals surface area contributed by atoms with Crippen molar-refractivity contribution in [2.75, 3.05) is 26.7 Å². The molecule has 1 amide bonds. The molecule has 2 aliphatic heterocycles. The van der Waals surface area contributed by atoms with Crippen molar-refractivity contribution in [1.82, 2.24) is 9.80 Å². The lowest BCUT2D eigenvalue weighted by molar-refractivity contribution is 0.103. The fraction of sp³-hybridized carbons (Fsp3) is 0.909. The van der Waals surface area contributed by atoms with Crippen LogP contribution in [-0.2, 0) is 4.74 Å². The van der Waals surface area contributed by atoms with E-state index >= 15 is 0 Å². The smallest absolute Gasteiger partial charge is 0.409 e. The Bertz CT molecular complexity index is 245. The van der Waals surface area contributed by atoms with E-state index in [4.69, 9.17) is 4.74 Å². The highest BCUT2D eigenvalue weighted by molar-refractivity contribution is 5.67. The van der Waals surface area contributed by atoms with E-state index in [1.165, 1.54) is 12.8 Å². The fourth-order valence-electron chi connectivity index (χ4n) is 2.69. The van der Waals surface area contributed by atoms with Gasteiger partial charge < -0.3 is 9.64 Å². The van der Waals surface area contributed by atoms with E-state index in [2.05, 4.69) is 11.9 Å². The normalized spacial score (nSPS) is 31.5. The van der Waals surface area contributed by atoms with Crippen molar-refractivity contribution in [3.05, 3.63) is 0 Å². The van der Waals surface area contributed by atoms with Gasteiger partial charge >= 0.3 is 6.09 Å². The van der Waals surface area contributed by atoms with E-state index in [-0.39, 0.29) is 6.09 Å². The lowest BCUT2D eigenvalue weighted by Crippen LogP contribution is -2.39. The largest absolute Gasteiger partial charge is 0.450 e. The average Bonchev–Trinajstić information content (AvgIpc) is 2.41. The summed E-state index contributed by atoms with van der Waals surface area (Å²) in [7, 11) is 2.18. The standard InChI is InChI=1S/C11H20N2O2/c1-3-15-11(14)13-7-6-9-4-5-10(8-13)12(9)2/h9-10H,3-8H2,1-2H3. The molecule has 0 saturated carbocycles. The molecule has 0 aliphatic carbocycles. The molecule has 2 fully saturated rings. The van der Waals surface area contributed by atoms with Crippen LogP contribution in [0.15, 0.2) is 0 Å². The first-order valence-electron chi connectivity index (χ1n) is 5.86. The molecule has 2 bridgehead atoms. The molecule has 2 saturated heterocycles. The predicted molar refractivity (Wildman–Crippen MR) is 57.8 cm³/mol. The number of carbonyl (C=O) groups excluding carboxylic acids is 1. The maximum Gasteiger partial charge on any atom is 0.409 e. The van der Waals surface area contributed by atoms with Gasteiger partial charge in [0.25, 0.3) is 0 Å². The van der Waals surface area contributed by atoms with Crippen molar-refractivity contribution in [3.8, 4) is 0 Å². The molecule has 2 atom stereocenters. The molecule has 2 heterocycles. The van der Waals surface area contributed by atoms with Gasteiger partial charge in [0.05, 0.1) is 6.61 Å². The predicted octanol–water partition coefficient (Wildman–Crippen LogP) is 1.31. The molecule has 0 N–H and O–H groups in total. The summed E-state index contributed by atoms with van der Waals surface area (Å²) in [5.74, 6) is 0. The van der Waals surface area contributed by atoms with Crippen LogP contribution in [-0.4, -0.2) is 54.7 Å². The first-order valence-corrected chi connectivity index (χ1v) is 5.86. The molecule has 86 valence electrons. The second kappa shape index (κ2) is 4.39. The average molecular weight is 212 g/mol. The molecular formula is C11H20N2O2. The first kappa shape index (κ1) is 10.7. The Labute approximate surface area is 91.2 Å². The number of hydrogen-bond donors (Lipinski definition) is 0. The van der Waals surface area contributed by atoms with Crippen LogP contribution in [0.4, 0.5) is 4.79 Å². The van der Waals surface area contributed by atoms with Crippen LogP contribution < -0.4 is 0 Å². The molecular weight excluding hydrogens is 192 g/mol. The number of ether oxygens (including phenoxy) is 1. The van der Waals surface area contributed by atoms with Gasteiger partial charge in [-0.1, -0.05) is 0 Å². The van der Waals surface area contributed by atoms with Crippen molar-refractivity contribution in [2.45, 2.75) is 38.3 Å². The monoisotopic (exact) mass is 212 g/mol. The third kappa shape index (κ3) is 2.09. The topological polar surface area (TPSA) is 32.8 Å². The van der Waals surface area contributed by atoms with Crippen molar-refractivity contribution < 1.29 is 9.53 Å². The highest BCUT2D eigenvalue weighted by atomic mass is 16.6. The molecule has 0 radical (unpaired) electrons. The second-order valence-corrected chi connectivity index (χ2v) is 4.48. The number of nitrogens with zero attached hydrogens (tertiary/aromatic N) is 2. The van der Waals surface area contributed by atoms with Crippen LogP contribution in [0, 0.1) is 0 Å². The number of carbonyl (C=O) groups is 1. The third-order valence-corrected chi connectivity index (χ3v) is 3.67. The van der Waals surface area contributed by atoms with Gasteiger partial charge in [-0.05, 0) is 33.2 Å². The highest BCUT2D eigenvalue weighted by Gasteiger charge is 2.36. The van der Waals surface area contributed by atoms with E-state index in [1.54, 1.807) is 0 Å². The van der Waals surface area contributed by atoms with E-state index < -0.39 is 0 Å². The lowest BCUT2D eigenvalue weighted by Gasteiger charge is -2.24. The quantitative estimate of drug-likeness (QED) is 0.657. The van der Waals surface area contributed by atoms with Crippen LogP contribution in [0.2, 0.25) is 0 Å². The number of hydrogen-bond acceptors (Lipinski definition) is 3. The number of likely N-dealkylation sites (N-methyl/N-ethyl adjacent to an activating group) is 1. The van der Waals surface area contributed by atoms with E-state index in [0.29, 0.717) is 18.7 Å². The molecule has 0 aromatic carbocycles. The van der Waals surface area contributed by atoms with Crippen LogP contribution in [0.25, 0.3) is 0 Å². The zero-order chi connectivity index (χ0) is 10.8. The number of fused-ring (bicyclic) bond motifs is 2. The van der Waals surface area contributed by atoms with Crippen molar-refractivity contribution >= 4 is 6.09 Å². The number of amides is 1. The molecule has 15 heavy (non-hydrogen) atoms. The Balaban J connectivity index is 1.97. The van der Waals surface area contributed by atoms with Crippen molar-refractivity contribution in [2.24, 2.45) is 0 Å². The number of likely N-dealkylation sites (tertiary alicyclic amines) is 1. The minimum atomic E-state index is -0.140. The molecule has 2 aliphatic rings. The minimum Gasteiger partial charge on any atom is -0.450 e. The molecule has 2 unspecified atom stereocenters. The van der Waals surface area contributed by atoms with E-state index in [0.717, 1.165) is 19.5 Å². The van der Waals surface area contributed by atoms with Gasteiger partial charge in [0, 0.05) is 25.2 Å². The minimum absolute atomic E-state index is 0.140. The van der Waals surface area contributed by atoms with Gasteiger partial charge in [0.2, 0.25) is 0 Å². The van der Waals surface area contributed by atoms with Crippen LogP contribution in [0.1, 0.15) is 26.2 Å². The van der Waals surface area contributed by atoms with Gasteiger partial charge in [0.1, 0.15) is 0 Å². The Morgan fingerprint density at radius 3 is 2.80 bits per heavy atom. The van der Waals surface area contributed by atoms with E-state index in [9.17, 15) is 4.79 Å². The molecule has 0 aromatic heterocycles. The van der Waals surface area contributed by atoms with Crippen molar-refractivity contribution in [3.63, 3.8) is 0 Å².